The molecule has 5 nitrogen and oxygen atoms in total. The van der Waals surface area contributed by atoms with Crippen molar-refractivity contribution < 1.29 is 9.63 Å². The number of para-hydroxylation sites is 1. The highest BCUT2D eigenvalue weighted by Crippen LogP contribution is 2.19. The molecule has 1 aromatic rings. The fraction of sp³-hybridized carbons (Fsp3) is 0.118. The minimum absolute atomic E-state index is 0.351. The molecule has 1 heterocycles. The van der Waals surface area contributed by atoms with Crippen LogP contribution in [0.2, 0.25) is 0 Å². The Balaban J connectivity index is 2.14. The molecule has 0 aromatic heterocycles. The zero-order valence-electron chi connectivity index (χ0n) is 12.1. The van der Waals surface area contributed by atoms with E-state index in [0.29, 0.717) is 18.6 Å². The average Bonchev–Trinajstić information content (AvgIpc) is 2.54. The maximum Gasteiger partial charge on any atom is 0.265 e. The first-order chi connectivity index (χ1) is 10.9. The molecule has 22 heavy (non-hydrogen) atoms. The topological polar surface area (TPSA) is 63.0 Å². The molecule has 0 saturated carbocycles. The summed E-state index contributed by atoms with van der Waals surface area (Å²) < 4.78 is 0. The van der Waals surface area contributed by atoms with Crippen molar-refractivity contribution in [1.82, 2.24) is 5.43 Å². The molecule has 1 aliphatic heterocycles. The monoisotopic (exact) mass is 295 g/mol. The van der Waals surface area contributed by atoms with Gasteiger partial charge in [-0.25, -0.2) is 5.43 Å². The van der Waals surface area contributed by atoms with Gasteiger partial charge in [0.2, 0.25) is 0 Å². The molecule has 112 valence electrons. The normalized spacial score (nSPS) is 15.7. The van der Waals surface area contributed by atoms with Crippen molar-refractivity contribution in [2.75, 3.05) is 0 Å². The Morgan fingerprint density at radius 3 is 2.73 bits per heavy atom. The Kier molecular flexibility index (Phi) is 6.37. The number of nitrogens with zero attached hydrogens (tertiary/aromatic N) is 2. The highest BCUT2D eigenvalue weighted by Gasteiger charge is 2.01. The second kappa shape index (κ2) is 9.07. The van der Waals surface area contributed by atoms with Crippen LogP contribution < -0.4 is 10.3 Å². The van der Waals surface area contributed by atoms with Gasteiger partial charge in [0.15, 0.2) is 5.75 Å². The van der Waals surface area contributed by atoms with Gasteiger partial charge in [0, 0.05) is 11.6 Å². The van der Waals surface area contributed by atoms with Gasteiger partial charge in [-0.05, 0) is 24.1 Å². The first-order valence-corrected chi connectivity index (χ1v) is 6.96. The predicted octanol–water partition coefficient (Wildman–Crippen LogP) is 3.63. The molecule has 0 radical (unpaired) electrons. The van der Waals surface area contributed by atoms with Gasteiger partial charge in [0.1, 0.15) is 0 Å². The van der Waals surface area contributed by atoms with E-state index < -0.39 is 0 Å². The van der Waals surface area contributed by atoms with Gasteiger partial charge in [-0.1, -0.05) is 60.7 Å². The van der Waals surface area contributed by atoms with E-state index in [0.717, 1.165) is 5.56 Å². The molecule has 0 atom stereocenters. The first-order valence-electron chi connectivity index (χ1n) is 6.96. The van der Waals surface area contributed by atoms with Crippen molar-refractivity contribution in [3.63, 3.8) is 0 Å². The summed E-state index contributed by atoms with van der Waals surface area (Å²) in [6.07, 6.45) is 16.3. The van der Waals surface area contributed by atoms with Crippen molar-refractivity contribution in [1.29, 1.82) is 0 Å². The van der Waals surface area contributed by atoms with Gasteiger partial charge in [-0.15, -0.1) is 0 Å². The molecule has 0 unspecified atom stereocenters. The van der Waals surface area contributed by atoms with Gasteiger partial charge in [0.05, 0.1) is 5.28 Å². The summed E-state index contributed by atoms with van der Waals surface area (Å²) in [6, 6.07) is 7.54. The molecule has 1 aromatic carbocycles. The molecular formula is C17H17N3O2. The number of benzene rings is 1. The fourth-order valence-electron chi connectivity index (χ4n) is 1.75. The Morgan fingerprint density at radius 2 is 1.82 bits per heavy atom. The molecule has 0 bridgehead atoms. The molecule has 0 aliphatic carbocycles. The number of amides is 1. The molecule has 1 amide bonds. The minimum atomic E-state index is -0.351. The molecule has 2 rings (SSSR count). The average molecular weight is 295 g/mol. The van der Waals surface area contributed by atoms with Crippen molar-refractivity contribution in [2.45, 2.75) is 12.8 Å². The van der Waals surface area contributed by atoms with E-state index in [4.69, 9.17) is 4.84 Å². The molecule has 0 spiro atoms. The molecule has 1 aliphatic rings. The predicted molar refractivity (Wildman–Crippen MR) is 84.9 cm³/mol. The first kappa shape index (κ1) is 15.4. The van der Waals surface area contributed by atoms with E-state index >= 15 is 0 Å². The van der Waals surface area contributed by atoms with Crippen LogP contribution in [-0.4, -0.2) is 5.91 Å². The van der Waals surface area contributed by atoms with Gasteiger partial charge in [-0.2, -0.15) is 0 Å². The zero-order valence-corrected chi connectivity index (χ0v) is 12.1. The summed E-state index contributed by atoms with van der Waals surface area (Å²) >= 11 is 0. The lowest BCUT2D eigenvalue weighted by molar-refractivity contribution is -0.116. The SMILES string of the molecule is O=C1C=CCC=CC=CC=CCc2ccccc2ON=NN1. The number of hydrogen-bond donors (Lipinski definition) is 1. The largest absolute Gasteiger partial charge is 0.338 e. The highest BCUT2D eigenvalue weighted by atomic mass is 16.6. The van der Waals surface area contributed by atoms with E-state index in [-0.39, 0.29) is 5.91 Å². The lowest BCUT2D eigenvalue weighted by Crippen LogP contribution is -2.13. The van der Waals surface area contributed by atoms with Crippen LogP contribution in [0.15, 0.2) is 83.4 Å². The number of hydrogen-bond acceptors (Lipinski definition) is 4. The van der Waals surface area contributed by atoms with Crippen LogP contribution in [0.4, 0.5) is 0 Å². The Morgan fingerprint density at radius 1 is 1.00 bits per heavy atom. The summed E-state index contributed by atoms with van der Waals surface area (Å²) in [6.45, 7) is 0. The van der Waals surface area contributed by atoms with E-state index in [2.05, 4.69) is 15.9 Å². The maximum atomic E-state index is 11.4. The smallest absolute Gasteiger partial charge is 0.265 e. The summed E-state index contributed by atoms with van der Waals surface area (Å²) in [5, 5.41) is 7.02. The van der Waals surface area contributed by atoms with Crippen LogP contribution in [-0.2, 0) is 11.2 Å². The van der Waals surface area contributed by atoms with Gasteiger partial charge in [-0.3, -0.25) is 4.79 Å². The lowest BCUT2D eigenvalue weighted by atomic mass is 10.1. The second-order valence-corrected chi connectivity index (χ2v) is 4.44. The second-order valence-electron chi connectivity index (χ2n) is 4.44. The number of carbonyl (C=O) groups excluding carboxylic acids is 1. The standard InChI is InChI=1S/C17H17N3O2/c21-17-14-8-6-4-2-1-3-5-7-11-15-12-9-10-13-16(15)22-20-19-18-17/h1-5,7-10,12-14H,6,11H2,(H,18,20,21). The number of carbonyl (C=O) groups is 1. The molecule has 5 heteroatoms. The van der Waals surface area contributed by atoms with E-state index in [1.54, 1.807) is 12.1 Å². The van der Waals surface area contributed by atoms with Crippen molar-refractivity contribution in [2.24, 2.45) is 10.5 Å². The van der Waals surface area contributed by atoms with Crippen molar-refractivity contribution in [3.05, 3.63) is 78.4 Å². The number of allylic oxidation sites excluding steroid dienone is 7. The minimum Gasteiger partial charge on any atom is -0.338 e. The van der Waals surface area contributed by atoms with Crippen LogP contribution in [0.25, 0.3) is 0 Å². The summed E-state index contributed by atoms with van der Waals surface area (Å²) in [4.78, 5) is 16.6. The van der Waals surface area contributed by atoms with E-state index in [9.17, 15) is 4.79 Å². The zero-order chi connectivity index (χ0) is 15.5. The third-order valence-electron chi connectivity index (χ3n) is 2.80. The van der Waals surface area contributed by atoms with Crippen LogP contribution in [0.1, 0.15) is 12.0 Å². The quantitative estimate of drug-likeness (QED) is 0.794. The number of nitrogens with one attached hydrogen (secondary N) is 1. The highest BCUT2D eigenvalue weighted by molar-refractivity contribution is 5.87. The van der Waals surface area contributed by atoms with Crippen molar-refractivity contribution in [3.8, 4) is 5.75 Å². The molecule has 0 fully saturated rings. The fourth-order valence-corrected chi connectivity index (χ4v) is 1.75. The van der Waals surface area contributed by atoms with Crippen molar-refractivity contribution >= 4 is 5.91 Å². The van der Waals surface area contributed by atoms with Crippen LogP contribution >= 0.6 is 0 Å². The maximum absolute atomic E-state index is 11.4. The summed E-state index contributed by atoms with van der Waals surface area (Å²) in [5.41, 5.74) is 3.25. The van der Waals surface area contributed by atoms with Crippen LogP contribution in [0.5, 0.6) is 5.75 Å². The Labute approximate surface area is 129 Å². The number of fused-ring (bicyclic) bond motifs is 1. The molecule has 0 saturated heterocycles. The molecular weight excluding hydrogens is 278 g/mol. The van der Waals surface area contributed by atoms with Gasteiger partial charge in [0.25, 0.3) is 5.91 Å². The summed E-state index contributed by atoms with van der Waals surface area (Å²) in [5.74, 6) is 0.254. The van der Waals surface area contributed by atoms with Crippen LogP contribution in [0, 0.1) is 0 Å². The lowest BCUT2D eigenvalue weighted by Gasteiger charge is -2.03. The third kappa shape index (κ3) is 5.58. The summed E-state index contributed by atoms with van der Waals surface area (Å²) in [7, 11) is 0. The number of rotatable bonds is 0. The third-order valence-corrected chi connectivity index (χ3v) is 2.80. The van der Waals surface area contributed by atoms with E-state index in [1.165, 1.54) is 6.08 Å². The molecule has 1 N–H and O–H groups in total. The van der Waals surface area contributed by atoms with Gasteiger partial charge >= 0.3 is 0 Å². The van der Waals surface area contributed by atoms with Gasteiger partial charge < -0.3 is 4.84 Å². The van der Waals surface area contributed by atoms with E-state index in [1.807, 2.05) is 54.7 Å². The van der Waals surface area contributed by atoms with Crippen LogP contribution in [0.3, 0.4) is 0 Å². The Hall–Kier alpha value is -2.95. The Bertz CT molecular complexity index is 643.